The van der Waals surface area contributed by atoms with Crippen LogP contribution in [0.3, 0.4) is 0 Å². The van der Waals surface area contributed by atoms with Crippen molar-refractivity contribution in [3.8, 4) is 0 Å². The van der Waals surface area contributed by atoms with Gasteiger partial charge in [0.1, 0.15) is 0 Å². The molecule has 0 saturated heterocycles. The van der Waals surface area contributed by atoms with Crippen molar-refractivity contribution in [1.82, 2.24) is 9.80 Å². The second-order valence-electron chi connectivity index (χ2n) is 5.62. The lowest BCUT2D eigenvalue weighted by Crippen LogP contribution is -2.33. The van der Waals surface area contributed by atoms with Gasteiger partial charge in [0.2, 0.25) is 0 Å². The first kappa shape index (κ1) is 17.5. The number of amides is 1. The highest BCUT2D eigenvalue weighted by Crippen LogP contribution is 2.19. The second-order valence-corrected chi connectivity index (χ2v) is 5.62. The normalized spacial score (nSPS) is 10.8. The number of hydrogen-bond donors (Lipinski definition) is 1. The lowest BCUT2D eigenvalue weighted by Gasteiger charge is -2.23. The van der Waals surface area contributed by atoms with Crippen LogP contribution in [0, 0.1) is 6.92 Å². The van der Waals surface area contributed by atoms with E-state index in [1.165, 1.54) is 0 Å². The maximum atomic E-state index is 12.8. The maximum absolute atomic E-state index is 12.8. The molecule has 0 aromatic heterocycles. The molecule has 0 aliphatic carbocycles. The zero-order valence-electron chi connectivity index (χ0n) is 14.1. The van der Waals surface area contributed by atoms with Crippen LogP contribution in [-0.4, -0.2) is 56.0 Å². The number of carbonyl (C=O) groups excluding carboxylic acids is 1. The Hall–Kier alpha value is -1.55. The Morgan fingerprint density at radius 3 is 2.48 bits per heavy atom. The Bertz CT molecular complexity index is 457. The van der Waals surface area contributed by atoms with E-state index in [1.807, 2.05) is 43.9 Å². The molecule has 0 fully saturated rings. The lowest BCUT2D eigenvalue weighted by atomic mass is 10.1. The van der Waals surface area contributed by atoms with E-state index in [2.05, 4.69) is 24.3 Å². The van der Waals surface area contributed by atoms with E-state index < -0.39 is 0 Å². The summed E-state index contributed by atoms with van der Waals surface area (Å²) < 4.78 is 0. The Morgan fingerprint density at radius 2 is 1.90 bits per heavy atom. The van der Waals surface area contributed by atoms with Crippen molar-refractivity contribution < 1.29 is 4.79 Å². The number of anilines is 1. The third kappa shape index (κ3) is 5.38. The van der Waals surface area contributed by atoms with E-state index >= 15 is 0 Å². The first-order valence-electron chi connectivity index (χ1n) is 7.78. The summed E-state index contributed by atoms with van der Waals surface area (Å²) in [5, 5.41) is 3.28. The number of nitrogens with zero attached hydrogens (tertiary/aromatic N) is 2. The average molecular weight is 291 g/mol. The summed E-state index contributed by atoms with van der Waals surface area (Å²) in [7, 11) is 4.11. The van der Waals surface area contributed by atoms with Gasteiger partial charge in [0, 0.05) is 25.3 Å². The third-order valence-electron chi connectivity index (χ3n) is 3.47. The largest absolute Gasteiger partial charge is 0.385 e. The summed E-state index contributed by atoms with van der Waals surface area (Å²) in [6, 6.07) is 6.02. The molecule has 0 radical (unpaired) electrons. The van der Waals surface area contributed by atoms with Crippen molar-refractivity contribution >= 4 is 11.6 Å². The number of carbonyl (C=O) groups is 1. The van der Waals surface area contributed by atoms with E-state index in [0.29, 0.717) is 0 Å². The van der Waals surface area contributed by atoms with E-state index in [1.54, 1.807) is 0 Å². The summed E-state index contributed by atoms with van der Waals surface area (Å²) in [4.78, 5) is 16.8. The zero-order valence-corrected chi connectivity index (χ0v) is 14.1. The van der Waals surface area contributed by atoms with Crippen LogP contribution in [0.4, 0.5) is 5.69 Å². The number of benzene rings is 1. The van der Waals surface area contributed by atoms with Gasteiger partial charge < -0.3 is 15.1 Å². The second kappa shape index (κ2) is 8.67. The van der Waals surface area contributed by atoms with Gasteiger partial charge in [-0.25, -0.2) is 0 Å². The SMILES string of the molecule is CCNc1ccc(C)cc1C(=O)N(CC)CCCN(C)C. The first-order valence-corrected chi connectivity index (χ1v) is 7.78. The molecule has 1 amide bonds. The minimum Gasteiger partial charge on any atom is -0.385 e. The summed E-state index contributed by atoms with van der Waals surface area (Å²) in [5.41, 5.74) is 2.83. The molecule has 21 heavy (non-hydrogen) atoms. The molecule has 0 heterocycles. The molecule has 0 spiro atoms. The van der Waals surface area contributed by atoms with Crippen LogP contribution >= 0.6 is 0 Å². The van der Waals surface area contributed by atoms with E-state index in [0.717, 1.165) is 49.4 Å². The van der Waals surface area contributed by atoms with Gasteiger partial charge >= 0.3 is 0 Å². The molecule has 0 saturated carbocycles. The van der Waals surface area contributed by atoms with Gasteiger partial charge in [-0.2, -0.15) is 0 Å². The molecule has 0 aliphatic heterocycles. The fourth-order valence-corrected chi connectivity index (χ4v) is 2.33. The highest BCUT2D eigenvalue weighted by Gasteiger charge is 2.17. The maximum Gasteiger partial charge on any atom is 0.255 e. The van der Waals surface area contributed by atoms with Crippen LogP contribution in [0.1, 0.15) is 36.2 Å². The molecule has 1 N–H and O–H groups in total. The van der Waals surface area contributed by atoms with Crippen LogP contribution in [0.25, 0.3) is 0 Å². The summed E-state index contributed by atoms with van der Waals surface area (Å²) in [6.45, 7) is 9.46. The van der Waals surface area contributed by atoms with E-state index in [-0.39, 0.29) is 5.91 Å². The monoisotopic (exact) mass is 291 g/mol. The Balaban J connectivity index is 2.85. The Morgan fingerprint density at radius 1 is 1.19 bits per heavy atom. The third-order valence-corrected chi connectivity index (χ3v) is 3.47. The van der Waals surface area contributed by atoms with Crippen LogP contribution in [0.15, 0.2) is 18.2 Å². The molecule has 4 heteroatoms. The molecule has 4 nitrogen and oxygen atoms in total. The molecule has 0 atom stereocenters. The standard InChI is InChI=1S/C17H29N3O/c1-6-18-16-10-9-14(3)13-15(16)17(21)20(7-2)12-8-11-19(4)5/h9-10,13,18H,6-8,11-12H2,1-5H3. The van der Waals surface area contributed by atoms with Crippen molar-refractivity contribution in [2.45, 2.75) is 27.2 Å². The molecule has 1 aromatic rings. The Labute approximate surface area is 129 Å². The molecular weight excluding hydrogens is 262 g/mol. The topological polar surface area (TPSA) is 35.6 Å². The van der Waals surface area contributed by atoms with Gasteiger partial charge in [-0.15, -0.1) is 0 Å². The fraction of sp³-hybridized carbons (Fsp3) is 0.588. The number of rotatable bonds is 8. The summed E-state index contributed by atoms with van der Waals surface area (Å²) in [5.74, 6) is 0.121. The van der Waals surface area contributed by atoms with Gasteiger partial charge in [0.25, 0.3) is 5.91 Å². The molecule has 0 aliphatic rings. The van der Waals surface area contributed by atoms with Crippen molar-refractivity contribution in [3.05, 3.63) is 29.3 Å². The summed E-state index contributed by atoms with van der Waals surface area (Å²) in [6.07, 6.45) is 0.995. The van der Waals surface area contributed by atoms with Crippen molar-refractivity contribution in [2.75, 3.05) is 45.6 Å². The average Bonchev–Trinajstić information content (AvgIpc) is 2.45. The number of aryl methyl sites for hydroxylation is 1. The quantitative estimate of drug-likeness (QED) is 0.800. The molecule has 1 aromatic carbocycles. The molecule has 0 bridgehead atoms. The predicted molar refractivity (Wildman–Crippen MR) is 90.1 cm³/mol. The highest BCUT2D eigenvalue weighted by molar-refractivity contribution is 5.99. The van der Waals surface area contributed by atoms with Crippen LogP contribution in [0.5, 0.6) is 0 Å². The van der Waals surface area contributed by atoms with Crippen molar-refractivity contribution in [1.29, 1.82) is 0 Å². The zero-order chi connectivity index (χ0) is 15.8. The number of nitrogens with one attached hydrogen (secondary N) is 1. The first-order chi connectivity index (χ1) is 9.99. The van der Waals surface area contributed by atoms with Gasteiger partial charge in [-0.3, -0.25) is 4.79 Å². The Kier molecular flexibility index (Phi) is 7.23. The predicted octanol–water partition coefficient (Wildman–Crippen LogP) is 2.84. The molecule has 1 rings (SSSR count). The van der Waals surface area contributed by atoms with Crippen molar-refractivity contribution in [3.63, 3.8) is 0 Å². The molecule has 118 valence electrons. The van der Waals surface area contributed by atoms with Gasteiger partial charge in [-0.1, -0.05) is 11.6 Å². The number of hydrogen-bond acceptors (Lipinski definition) is 3. The smallest absolute Gasteiger partial charge is 0.255 e. The van der Waals surface area contributed by atoms with Crippen LogP contribution in [-0.2, 0) is 0 Å². The van der Waals surface area contributed by atoms with Gasteiger partial charge in [0.05, 0.1) is 5.56 Å². The lowest BCUT2D eigenvalue weighted by molar-refractivity contribution is 0.0760. The van der Waals surface area contributed by atoms with Crippen molar-refractivity contribution in [2.24, 2.45) is 0 Å². The van der Waals surface area contributed by atoms with Crippen LogP contribution < -0.4 is 5.32 Å². The minimum absolute atomic E-state index is 0.121. The summed E-state index contributed by atoms with van der Waals surface area (Å²) >= 11 is 0. The van der Waals surface area contributed by atoms with Gasteiger partial charge in [-0.05, 0) is 60.0 Å². The van der Waals surface area contributed by atoms with Crippen LogP contribution in [0.2, 0.25) is 0 Å². The van der Waals surface area contributed by atoms with E-state index in [9.17, 15) is 4.79 Å². The minimum atomic E-state index is 0.121. The highest BCUT2D eigenvalue weighted by atomic mass is 16.2. The molecule has 0 unspecified atom stereocenters. The van der Waals surface area contributed by atoms with Gasteiger partial charge in [0.15, 0.2) is 0 Å². The fourth-order valence-electron chi connectivity index (χ4n) is 2.33. The van der Waals surface area contributed by atoms with E-state index in [4.69, 9.17) is 0 Å². The molecular formula is C17H29N3O.